The first-order valence-corrected chi connectivity index (χ1v) is 9.34. The molecule has 2 aromatic rings. The number of nitrogens with zero attached hydrogens (tertiary/aromatic N) is 4. The predicted octanol–water partition coefficient (Wildman–Crippen LogP) is 1.68. The minimum Gasteiger partial charge on any atom is -0.383 e. The lowest BCUT2D eigenvalue weighted by atomic mass is 10.2. The number of H-pyrrole nitrogens is 1. The van der Waals surface area contributed by atoms with Gasteiger partial charge in [-0.2, -0.15) is 18.3 Å². The maximum atomic E-state index is 12.9. The number of amides is 1. The number of rotatable bonds is 7. The summed E-state index contributed by atoms with van der Waals surface area (Å²) in [4.78, 5) is 40.8. The molecule has 0 fully saturated rings. The zero-order chi connectivity index (χ0) is 22.8. The third-order valence-corrected chi connectivity index (χ3v) is 4.11. The molecule has 0 aliphatic rings. The molecule has 0 spiro atoms. The van der Waals surface area contributed by atoms with Gasteiger partial charge in [0.1, 0.15) is 12.4 Å². The SMILES string of the molecule is CC(C)CN(C(=O)Cn1ccc(C(F)(F)F)n1)c1c(N)n(CC(C)C)c(=O)[nH]c1=O. The zero-order valence-corrected chi connectivity index (χ0v) is 17.2. The Morgan fingerprint density at radius 3 is 2.37 bits per heavy atom. The van der Waals surface area contributed by atoms with Gasteiger partial charge in [-0.1, -0.05) is 27.7 Å². The van der Waals surface area contributed by atoms with Gasteiger partial charge in [0, 0.05) is 19.3 Å². The van der Waals surface area contributed by atoms with Crippen LogP contribution in [0.4, 0.5) is 24.7 Å². The van der Waals surface area contributed by atoms with Crippen molar-refractivity contribution in [3.05, 3.63) is 38.8 Å². The summed E-state index contributed by atoms with van der Waals surface area (Å²) in [7, 11) is 0. The van der Waals surface area contributed by atoms with E-state index in [0.717, 1.165) is 26.4 Å². The lowest BCUT2D eigenvalue weighted by Crippen LogP contribution is -2.44. The number of halogens is 3. The first kappa shape index (κ1) is 23.2. The molecule has 0 aliphatic carbocycles. The molecule has 2 heterocycles. The van der Waals surface area contributed by atoms with E-state index in [1.165, 1.54) is 0 Å². The van der Waals surface area contributed by atoms with Gasteiger partial charge in [0.05, 0.1) is 0 Å². The maximum absolute atomic E-state index is 12.9. The molecule has 9 nitrogen and oxygen atoms in total. The Kier molecular flexibility index (Phi) is 6.78. The summed E-state index contributed by atoms with van der Waals surface area (Å²) in [6.45, 7) is 7.04. The average Bonchev–Trinajstić information content (AvgIpc) is 3.06. The number of nitrogen functional groups attached to an aromatic ring is 1. The van der Waals surface area contributed by atoms with Crippen molar-refractivity contribution in [1.29, 1.82) is 0 Å². The Labute approximate surface area is 170 Å². The van der Waals surface area contributed by atoms with Crippen LogP contribution in [0.15, 0.2) is 21.9 Å². The Hall–Kier alpha value is -3.05. The molecule has 166 valence electrons. The molecule has 30 heavy (non-hydrogen) atoms. The van der Waals surface area contributed by atoms with Crippen molar-refractivity contribution in [2.75, 3.05) is 17.2 Å². The van der Waals surface area contributed by atoms with Crippen LogP contribution in [0, 0.1) is 11.8 Å². The van der Waals surface area contributed by atoms with Gasteiger partial charge in [-0.3, -0.25) is 23.8 Å². The Bertz CT molecular complexity index is 1020. The van der Waals surface area contributed by atoms with Crippen molar-refractivity contribution < 1.29 is 18.0 Å². The summed E-state index contributed by atoms with van der Waals surface area (Å²) < 4.78 is 40.3. The second-order valence-corrected chi connectivity index (χ2v) is 7.79. The van der Waals surface area contributed by atoms with E-state index in [0.29, 0.717) is 0 Å². The number of alkyl halides is 3. The van der Waals surface area contributed by atoms with Crippen LogP contribution in [-0.2, 0) is 24.1 Å². The average molecular weight is 430 g/mol. The van der Waals surface area contributed by atoms with E-state index >= 15 is 0 Å². The Morgan fingerprint density at radius 1 is 1.23 bits per heavy atom. The van der Waals surface area contributed by atoms with Crippen LogP contribution in [-0.4, -0.2) is 31.8 Å². The molecule has 0 aromatic carbocycles. The molecular weight excluding hydrogens is 405 g/mol. The third kappa shape index (κ3) is 5.30. The van der Waals surface area contributed by atoms with Crippen molar-refractivity contribution in [1.82, 2.24) is 19.3 Å². The maximum Gasteiger partial charge on any atom is 0.435 e. The normalized spacial score (nSPS) is 12.0. The van der Waals surface area contributed by atoms with Gasteiger partial charge in [0.15, 0.2) is 11.4 Å². The summed E-state index contributed by atoms with van der Waals surface area (Å²) in [5, 5.41) is 3.36. The molecule has 1 amide bonds. The number of nitrogens with one attached hydrogen (secondary N) is 1. The number of nitrogens with two attached hydrogens (primary N) is 1. The van der Waals surface area contributed by atoms with Gasteiger partial charge in [0.25, 0.3) is 5.56 Å². The van der Waals surface area contributed by atoms with Crippen LogP contribution in [0.2, 0.25) is 0 Å². The minimum absolute atomic E-state index is 0.0304. The second kappa shape index (κ2) is 8.76. The van der Waals surface area contributed by atoms with E-state index in [1.807, 2.05) is 13.8 Å². The van der Waals surface area contributed by atoms with Crippen LogP contribution in [0.1, 0.15) is 33.4 Å². The highest BCUT2D eigenvalue weighted by Crippen LogP contribution is 2.27. The van der Waals surface area contributed by atoms with Crippen LogP contribution in [0.25, 0.3) is 0 Å². The molecule has 12 heteroatoms. The molecule has 2 rings (SSSR count). The summed E-state index contributed by atoms with van der Waals surface area (Å²) in [6, 6.07) is 0.754. The van der Waals surface area contributed by atoms with Gasteiger partial charge in [-0.05, 0) is 17.9 Å². The number of aromatic amines is 1. The third-order valence-electron chi connectivity index (χ3n) is 4.11. The highest BCUT2D eigenvalue weighted by Gasteiger charge is 2.34. The second-order valence-electron chi connectivity index (χ2n) is 7.79. The zero-order valence-electron chi connectivity index (χ0n) is 17.2. The van der Waals surface area contributed by atoms with E-state index in [9.17, 15) is 27.6 Å². The van der Waals surface area contributed by atoms with E-state index in [2.05, 4.69) is 10.1 Å². The fourth-order valence-electron chi connectivity index (χ4n) is 2.89. The van der Waals surface area contributed by atoms with E-state index in [-0.39, 0.29) is 36.4 Å². The summed E-state index contributed by atoms with van der Waals surface area (Å²) in [5.74, 6) is -0.931. The van der Waals surface area contributed by atoms with E-state index in [4.69, 9.17) is 5.73 Å². The molecule has 3 N–H and O–H groups in total. The Balaban J connectivity index is 2.47. The highest BCUT2D eigenvalue weighted by atomic mass is 19.4. The molecule has 0 atom stereocenters. The van der Waals surface area contributed by atoms with Crippen LogP contribution >= 0.6 is 0 Å². The number of hydrogen-bond donors (Lipinski definition) is 2. The largest absolute Gasteiger partial charge is 0.435 e. The van der Waals surface area contributed by atoms with E-state index < -0.39 is 35.6 Å². The molecular formula is C18H25F3N6O3. The number of anilines is 2. The first-order chi connectivity index (χ1) is 13.8. The molecule has 0 bridgehead atoms. The molecule has 0 saturated heterocycles. The highest BCUT2D eigenvalue weighted by molar-refractivity contribution is 5.95. The van der Waals surface area contributed by atoms with Gasteiger partial charge < -0.3 is 10.6 Å². The summed E-state index contributed by atoms with van der Waals surface area (Å²) in [6.07, 6.45) is -3.61. The lowest BCUT2D eigenvalue weighted by molar-refractivity contribution is -0.141. The monoisotopic (exact) mass is 430 g/mol. The van der Waals surface area contributed by atoms with Crippen molar-refractivity contribution in [3.8, 4) is 0 Å². The van der Waals surface area contributed by atoms with E-state index in [1.54, 1.807) is 13.8 Å². The molecule has 0 aliphatic heterocycles. The standard InChI is InChI=1S/C18H25F3N6O3/c1-10(2)7-26(13(28)9-25-6-5-12(24-25)18(19,20)21)14-15(22)27(8-11(3)4)17(30)23-16(14)29/h5-6,10-11H,7-9,22H2,1-4H3,(H,23,29,30). The first-order valence-electron chi connectivity index (χ1n) is 9.34. The predicted molar refractivity (Wildman–Crippen MR) is 105 cm³/mol. The van der Waals surface area contributed by atoms with Crippen LogP contribution < -0.4 is 21.9 Å². The topological polar surface area (TPSA) is 119 Å². The van der Waals surface area contributed by atoms with Crippen molar-refractivity contribution in [2.45, 2.75) is 47.0 Å². The number of carbonyl (C=O) groups excluding carboxylic acids is 1. The number of carbonyl (C=O) groups is 1. The lowest BCUT2D eigenvalue weighted by Gasteiger charge is -2.26. The van der Waals surface area contributed by atoms with Gasteiger partial charge in [-0.15, -0.1) is 0 Å². The quantitative estimate of drug-likeness (QED) is 0.693. The van der Waals surface area contributed by atoms with Crippen molar-refractivity contribution in [2.24, 2.45) is 11.8 Å². The molecule has 0 unspecified atom stereocenters. The van der Waals surface area contributed by atoms with Gasteiger partial charge in [0.2, 0.25) is 5.91 Å². The molecule has 0 saturated carbocycles. The van der Waals surface area contributed by atoms with Crippen molar-refractivity contribution >= 4 is 17.4 Å². The van der Waals surface area contributed by atoms with Crippen LogP contribution in [0.3, 0.4) is 0 Å². The summed E-state index contributed by atoms with van der Waals surface area (Å²) in [5.41, 5.74) is 3.19. The Morgan fingerprint density at radius 2 is 1.87 bits per heavy atom. The van der Waals surface area contributed by atoms with Gasteiger partial charge in [-0.25, -0.2) is 4.79 Å². The summed E-state index contributed by atoms with van der Waals surface area (Å²) >= 11 is 0. The fraction of sp³-hybridized carbons (Fsp3) is 0.556. The number of aromatic nitrogens is 4. The smallest absolute Gasteiger partial charge is 0.383 e. The number of hydrogen-bond acceptors (Lipinski definition) is 5. The van der Waals surface area contributed by atoms with Crippen molar-refractivity contribution in [3.63, 3.8) is 0 Å². The minimum atomic E-state index is -4.64. The molecule has 2 aromatic heterocycles. The van der Waals surface area contributed by atoms with Crippen LogP contribution in [0.5, 0.6) is 0 Å². The molecule has 0 radical (unpaired) electrons. The fourth-order valence-corrected chi connectivity index (χ4v) is 2.89. The van der Waals surface area contributed by atoms with Gasteiger partial charge >= 0.3 is 11.9 Å².